The lowest BCUT2D eigenvalue weighted by molar-refractivity contribution is 0.191. The first kappa shape index (κ1) is 11.4. The highest BCUT2D eigenvalue weighted by atomic mass is 79.9. The summed E-state index contributed by atoms with van der Waals surface area (Å²) < 4.78 is 2.45. The molecule has 2 heterocycles. The SMILES string of the molecule is CN1CC2CC(c3nc4cc(Br)ccc4s3)C2C1. The zero-order valence-electron chi connectivity index (χ0n) is 10.3. The molecule has 4 heteroatoms. The molecule has 1 aromatic heterocycles. The average Bonchev–Trinajstić information content (AvgIpc) is 2.84. The van der Waals surface area contributed by atoms with Crippen LogP contribution in [0.5, 0.6) is 0 Å². The molecule has 3 atom stereocenters. The first-order valence-electron chi connectivity index (χ1n) is 6.45. The standard InChI is InChI=1S/C14H15BrN2S/c1-17-6-8-4-10(11(8)7-17)14-16-12-5-9(15)2-3-13(12)18-14/h2-3,5,8,10-11H,4,6-7H2,1H3. The van der Waals surface area contributed by atoms with Crippen molar-refractivity contribution in [2.75, 3.05) is 20.1 Å². The van der Waals surface area contributed by atoms with Gasteiger partial charge in [0.2, 0.25) is 0 Å². The molecule has 2 aromatic rings. The van der Waals surface area contributed by atoms with E-state index < -0.39 is 0 Å². The summed E-state index contributed by atoms with van der Waals surface area (Å²) in [6, 6.07) is 6.42. The fourth-order valence-electron chi connectivity index (χ4n) is 3.49. The quantitative estimate of drug-likeness (QED) is 0.795. The summed E-state index contributed by atoms with van der Waals surface area (Å²) in [6.07, 6.45) is 1.34. The van der Waals surface area contributed by atoms with Crippen LogP contribution in [0.4, 0.5) is 0 Å². The molecule has 1 aliphatic carbocycles. The maximum Gasteiger partial charge on any atom is 0.0973 e. The van der Waals surface area contributed by atoms with Crippen molar-refractivity contribution < 1.29 is 0 Å². The molecule has 2 aliphatic rings. The summed E-state index contributed by atoms with van der Waals surface area (Å²) in [5.41, 5.74) is 1.15. The summed E-state index contributed by atoms with van der Waals surface area (Å²) in [7, 11) is 2.24. The number of hydrogen-bond donors (Lipinski definition) is 0. The minimum absolute atomic E-state index is 0.719. The van der Waals surface area contributed by atoms with E-state index in [9.17, 15) is 0 Å². The fourth-order valence-corrected chi connectivity index (χ4v) is 4.98. The van der Waals surface area contributed by atoms with E-state index in [0.29, 0.717) is 0 Å². The summed E-state index contributed by atoms with van der Waals surface area (Å²) in [4.78, 5) is 7.32. The molecular formula is C14H15BrN2S. The predicted molar refractivity (Wildman–Crippen MR) is 79.2 cm³/mol. The van der Waals surface area contributed by atoms with Crippen LogP contribution in [0, 0.1) is 11.8 Å². The number of rotatable bonds is 1. The number of likely N-dealkylation sites (tertiary alicyclic amines) is 1. The second-order valence-electron chi connectivity index (χ2n) is 5.65. The summed E-state index contributed by atoms with van der Waals surface area (Å²) >= 11 is 5.41. The van der Waals surface area contributed by atoms with Gasteiger partial charge in [0.1, 0.15) is 0 Å². The van der Waals surface area contributed by atoms with E-state index in [-0.39, 0.29) is 0 Å². The van der Waals surface area contributed by atoms with Crippen LogP contribution in [0.3, 0.4) is 0 Å². The van der Waals surface area contributed by atoms with Gasteiger partial charge in [-0.05, 0) is 43.5 Å². The molecule has 0 N–H and O–H groups in total. The molecule has 0 bridgehead atoms. The predicted octanol–water partition coefficient (Wildman–Crippen LogP) is 3.72. The Balaban J connectivity index is 1.67. The number of halogens is 1. The highest BCUT2D eigenvalue weighted by Crippen LogP contribution is 2.52. The first-order valence-corrected chi connectivity index (χ1v) is 8.06. The molecule has 94 valence electrons. The number of fused-ring (bicyclic) bond motifs is 2. The number of hydrogen-bond acceptors (Lipinski definition) is 3. The van der Waals surface area contributed by atoms with Crippen molar-refractivity contribution in [2.45, 2.75) is 12.3 Å². The molecule has 18 heavy (non-hydrogen) atoms. The Morgan fingerprint density at radius 1 is 1.39 bits per heavy atom. The van der Waals surface area contributed by atoms with Gasteiger partial charge in [0.05, 0.1) is 15.2 Å². The van der Waals surface area contributed by atoms with Crippen molar-refractivity contribution in [3.05, 3.63) is 27.7 Å². The zero-order valence-corrected chi connectivity index (χ0v) is 12.7. The van der Waals surface area contributed by atoms with E-state index in [0.717, 1.165) is 27.7 Å². The lowest BCUT2D eigenvalue weighted by Gasteiger charge is -2.38. The van der Waals surface area contributed by atoms with E-state index in [1.165, 1.54) is 29.2 Å². The van der Waals surface area contributed by atoms with Crippen LogP contribution < -0.4 is 0 Å². The molecular weight excluding hydrogens is 308 g/mol. The monoisotopic (exact) mass is 322 g/mol. The van der Waals surface area contributed by atoms with E-state index in [1.54, 1.807) is 0 Å². The Hall–Kier alpha value is -0.450. The zero-order chi connectivity index (χ0) is 12.3. The smallest absolute Gasteiger partial charge is 0.0973 e. The topological polar surface area (TPSA) is 16.1 Å². The van der Waals surface area contributed by atoms with Crippen LogP contribution in [-0.4, -0.2) is 30.0 Å². The van der Waals surface area contributed by atoms with Gasteiger partial charge in [-0.3, -0.25) is 0 Å². The molecule has 1 saturated carbocycles. The van der Waals surface area contributed by atoms with Crippen molar-refractivity contribution in [3.63, 3.8) is 0 Å². The van der Waals surface area contributed by atoms with Crippen LogP contribution in [0.15, 0.2) is 22.7 Å². The van der Waals surface area contributed by atoms with Gasteiger partial charge in [0, 0.05) is 23.5 Å². The molecule has 1 saturated heterocycles. The van der Waals surface area contributed by atoms with Crippen molar-refractivity contribution in [3.8, 4) is 0 Å². The van der Waals surface area contributed by atoms with Gasteiger partial charge in [0.25, 0.3) is 0 Å². The highest BCUT2D eigenvalue weighted by Gasteiger charge is 2.47. The maximum atomic E-state index is 4.85. The minimum Gasteiger partial charge on any atom is -0.306 e. The highest BCUT2D eigenvalue weighted by molar-refractivity contribution is 9.10. The normalized spacial score (nSPS) is 31.6. The second kappa shape index (κ2) is 4.02. The van der Waals surface area contributed by atoms with Crippen LogP contribution in [0.25, 0.3) is 10.2 Å². The van der Waals surface area contributed by atoms with E-state index in [4.69, 9.17) is 4.98 Å². The van der Waals surface area contributed by atoms with E-state index in [2.05, 4.69) is 46.1 Å². The third-order valence-corrected chi connectivity index (χ3v) is 6.09. The largest absolute Gasteiger partial charge is 0.306 e. The van der Waals surface area contributed by atoms with Gasteiger partial charge in [-0.15, -0.1) is 11.3 Å². The summed E-state index contributed by atoms with van der Waals surface area (Å²) in [5, 5.41) is 1.36. The van der Waals surface area contributed by atoms with Gasteiger partial charge in [-0.2, -0.15) is 0 Å². The van der Waals surface area contributed by atoms with Gasteiger partial charge in [0.15, 0.2) is 0 Å². The summed E-state index contributed by atoms with van der Waals surface area (Å²) in [5.74, 6) is 2.51. The van der Waals surface area contributed by atoms with Crippen LogP contribution in [0.2, 0.25) is 0 Å². The fraction of sp³-hybridized carbons (Fsp3) is 0.500. The number of benzene rings is 1. The van der Waals surface area contributed by atoms with Crippen LogP contribution >= 0.6 is 27.3 Å². The van der Waals surface area contributed by atoms with Crippen LogP contribution in [-0.2, 0) is 0 Å². The van der Waals surface area contributed by atoms with Crippen molar-refractivity contribution in [2.24, 2.45) is 11.8 Å². The van der Waals surface area contributed by atoms with Gasteiger partial charge >= 0.3 is 0 Å². The Labute approximate surface area is 119 Å². The molecule has 2 fully saturated rings. The Morgan fingerprint density at radius 3 is 3.11 bits per heavy atom. The Bertz CT molecular complexity index is 609. The van der Waals surface area contributed by atoms with Crippen molar-refractivity contribution >= 4 is 37.5 Å². The van der Waals surface area contributed by atoms with Gasteiger partial charge in [-0.25, -0.2) is 4.98 Å². The Kier molecular flexibility index (Phi) is 2.54. The summed E-state index contributed by atoms with van der Waals surface area (Å²) in [6.45, 7) is 2.55. The van der Waals surface area contributed by atoms with Gasteiger partial charge < -0.3 is 4.90 Å². The number of nitrogens with zero attached hydrogens (tertiary/aromatic N) is 2. The molecule has 1 aliphatic heterocycles. The molecule has 0 spiro atoms. The van der Waals surface area contributed by atoms with Crippen LogP contribution in [0.1, 0.15) is 17.3 Å². The molecule has 1 aromatic carbocycles. The number of aromatic nitrogens is 1. The lowest BCUT2D eigenvalue weighted by atomic mass is 9.67. The van der Waals surface area contributed by atoms with Crippen molar-refractivity contribution in [1.29, 1.82) is 0 Å². The Morgan fingerprint density at radius 2 is 2.28 bits per heavy atom. The average molecular weight is 323 g/mol. The third kappa shape index (κ3) is 1.66. The molecule has 3 unspecified atom stereocenters. The molecule has 0 radical (unpaired) electrons. The lowest BCUT2D eigenvalue weighted by Crippen LogP contribution is -2.33. The van der Waals surface area contributed by atoms with E-state index in [1.807, 2.05) is 11.3 Å². The van der Waals surface area contributed by atoms with Crippen molar-refractivity contribution in [1.82, 2.24) is 9.88 Å². The minimum atomic E-state index is 0.719. The molecule has 0 amide bonds. The first-order chi connectivity index (χ1) is 8.70. The van der Waals surface area contributed by atoms with Gasteiger partial charge in [-0.1, -0.05) is 15.9 Å². The number of thiazole rings is 1. The second-order valence-corrected chi connectivity index (χ2v) is 7.63. The maximum absolute atomic E-state index is 4.85. The molecule has 4 rings (SSSR count). The third-order valence-electron chi connectivity index (χ3n) is 4.43. The molecule has 2 nitrogen and oxygen atoms in total. The van der Waals surface area contributed by atoms with E-state index >= 15 is 0 Å².